The Hall–Kier alpha value is -1.40. The summed E-state index contributed by atoms with van der Waals surface area (Å²) in [5.41, 5.74) is 7.70. The molecule has 4 nitrogen and oxygen atoms in total. The maximum Gasteiger partial charge on any atom is 0.165 e. The number of ether oxygens (including phenoxy) is 1. The van der Waals surface area contributed by atoms with Gasteiger partial charge < -0.3 is 10.5 Å². The molecule has 0 radical (unpaired) electrons. The molecule has 0 fully saturated rings. The summed E-state index contributed by atoms with van der Waals surface area (Å²) in [5, 5.41) is 4.21. The monoisotopic (exact) mass is 327 g/mol. The first-order valence-electron chi connectivity index (χ1n) is 5.88. The van der Waals surface area contributed by atoms with Gasteiger partial charge in [-0.1, -0.05) is 6.07 Å². The summed E-state index contributed by atoms with van der Waals surface area (Å²) in [6.07, 6.45) is 1.69. The van der Waals surface area contributed by atoms with Gasteiger partial charge in [0.05, 0.1) is 29.5 Å². The molecular formula is C13H15BrFN3O. The zero-order chi connectivity index (χ0) is 14.0. The van der Waals surface area contributed by atoms with Crippen molar-refractivity contribution in [3.8, 4) is 5.75 Å². The number of nitrogens with zero attached hydrogens (tertiary/aromatic N) is 2. The number of aromatic nitrogens is 2. The molecule has 2 N–H and O–H groups in total. The number of methoxy groups -OCH3 is 1. The average molecular weight is 328 g/mol. The lowest BCUT2D eigenvalue weighted by molar-refractivity contribution is 0.386. The smallest absolute Gasteiger partial charge is 0.165 e. The second-order valence-electron chi connectivity index (χ2n) is 4.07. The Balaban J connectivity index is 2.41. The lowest BCUT2D eigenvalue weighted by Crippen LogP contribution is -2.18. The molecule has 102 valence electrons. The van der Waals surface area contributed by atoms with Crippen LogP contribution in [0.4, 0.5) is 4.39 Å². The number of hydrogen-bond donors (Lipinski definition) is 1. The van der Waals surface area contributed by atoms with Gasteiger partial charge in [-0.25, -0.2) is 4.39 Å². The highest BCUT2D eigenvalue weighted by molar-refractivity contribution is 9.10. The fourth-order valence-electron chi connectivity index (χ4n) is 1.97. The standard InChI is InChI=1S/C13H15BrFN3O/c1-3-18-13(9(14)7-17-18)12(16)8-4-5-11(19-2)10(15)6-8/h4-7,12H,3,16H2,1-2H3. The van der Waals surface area contributed by atoms with E-state index in [1.54, 1.807) is 23.0 Å². The molecule has 0 amide bonds. The van der Waals surface area contributed by atoms with Crippen LogP contribution in [0.25, 0.3) is 0 Å². The van der Waals surface area contributed by atoms with Crippen LogP contribution in [0.1, 0.15) is 24.2 Å². The summed E-state index contributed by atoms with van der Waals surface area (Å²) in [6, 6.07) is 4.28. The molecule has 0 spiro atoms. The van der Waals surface area contributed by atoms with Gasteiger partial charge >= 0.3 is 0 Å². The Bertz CT molecular complexity index is 585. The second-order valence-corrected chi connectivity index (χ2v) is 4.92. The molecule has 0 aliphatic rings. The molecule has 1 aromatic heterocycles. The maximum absolute atomic E-state index is 13.7. The summed E-state index contributed by atoms with van der Waals surface area (Å²) in [6.45, 7) is 2.68. The van der Waals surface area contributed by atoms with Crippen molar-refractivity contribution in [3.63, 3.8) is 0 Å². The van der Waals surface area contributed by atoms with Crippen molar-refractivity contribution in [2.45, 2.75) is 19.5 Å². The minimum absolute atomic E-state index is 0.207. The van der Waals surface area contributed by atoms with Gasteiger partial charge in [-0.2, -0.15) is 5.10 Å². The molecule has 2 aromatic rings. The molecule has 6 heteroatoms. The molecule has 0 saturated heterocycles. The summed E-state index contributed by atoms with van der Waals surface area (Å²) in [5.74, 6) is -0.215. The quantitative estimate of drug-likeness (QED) is 0.939. The van der Waals surface area contributed by atoms with Crippen molar-refractivity contribution in [2.75, 3.05) is 7.11 Å². The molecule has 2 rings (SSSR count). The summed E-state index contributed by atoms with van der Waals surface area (Å²) in [7, 11) is 1.43. The van der Waals surface area contributed by atoms with Gasteiger partial charge in [0.1, 0.15) is 0 Å². The maximum atomic E-state index is 13.7. The Kier molecular flexibility index (Phi) is 4.21. The van der Waals surface area contributed by atoms with Gasteiger partial charge in [-0.3, -0.25) is 4.68 Å². The molecule has 1 heterocycles. The minimum atomic E-state index is -0.447. The molecule has 0 aliphatic heterocycles. The van der Waals surface area contributed by atoms with Crippen molar-refractivity contribution in [1.82, 2.24) is 9.78 Å². The molecule has 0 aliphatic carbocycles. The summed E-state index contributed by atoms with van der Waals surface area (Å²) in [4.78, 5) is 0. The third-order valence-electron chi connectivity index (χ3n) is 2.96. The third-order valence-corrected chi connectivity index (χ3v) is 3.57. The van der Waals surface area contributed by atoms with Crippen molar-refractivity contribution >= 4 is 15.9 Å². The zero-order valence-electron chi connectivity index (χ0n) is 10.7. The fraction of sp³-hybridized carbons (Fsp3) is 0.308. The van der Waals surface area contributed by atoms with E-state index in [4.69, 9.17) is 10.5 Å². The van der Waals surface area contributed by atoms with Crippen LogP contribution < -0.4 is 10.5 Å². The fourth-order valence-corrected chi connectivity index (χ4v) is 2.51. The zero-order valence-corrected chi connectivity index (χ0v) is 12.3. The van der Waals surface area contributed by atoms with Crippen LogP contribution in [0.15, 0.2) is 28.9 Å². The van der Waals surface area contributed by atoms with Crippen molar-refractivity contribution < 1.29 is 9.13 Å². The minimum Gasteiger partial charge on any atom is -0.494 e. The van der Waals surface area contributed by atoms with Crippen LogP contribution in [-0.4, -0.2) is 16.9 Å². The van der Waals surface area contributed by atoms with E-state index in [0.29, 0.717) is 12.1 Å². The molecule has 1 aromatic carbocycles. The highest BCUT2D eigenvalue weighted by atomic mass is 79.9. The average Bonchev–Trinajstić information content (AvgIpc) is 2.78. The Labute approximate surface area is 119 Å². The number of nitrogens with two attached hydrogens (primary N) is 1. The molecule has 1 atom stereocenters. The lowest BCUT2D eigenvalue weighted by Gasteiger charge is -2.15. The number of halogens is 2. The topological polar surface area (TPSA) is 53.1 Å². The van der Waals surface area contributed by atoms with Gasteiger partial charge in [0.15, 0.2) is 11.6 Å². The number of rotatable bonds is 4. The molecule has 19 heavy (non-hydrogen) atoms. The molecular weight excluding hydrogens is 313 g/mol. The van der Waals surface area contributed by atoms with E-state index in [9.17, 15) is 4.39 Å². The van der Waals surface area contributed by atoms with Crippen LogP contribution in [0.5, 0.6) is 5.75 Å². The largest absolute Gasteiger partial charge is 0.494 e. The highest BCUT2D eigenvalue weighted by Gasteiger charge is 2.19. The number of hydrogen-bond acceptors (Lipinski definition) is 3. The normalized spacial score (nSPS) is 12.5. The Morgan fingerprint density at radius 3 is 2.84 bits per heavy atom. The Morgan fingerprint density at radius 1 is 1.53 bits per heavy atom. The third kappa shape index (κ3) is 2.64. The predicted molar refractivity (Wildman–Crippen MR) is 74.6 cm³/mol. The van der Waals surface area contributed by atoms with E-state index < -0.39 is 11.9 Å². The van der Waals surface area contributed by atoms with E-state index in [1.807, 2.05) is 6.92 Å². The van der Waals surface area contributed by atoms with E-state index in [0.717, 1.165) is 10.2 Å². The van der Waals surface area contributed by atoms with Crippen molar-refractivity contribution in [2.24, 2.45) is 5.73 Å². The van der Waals surface area contributed by atoms with Gasteiger partial charge in [0.2, 0.25) is 0 Å². The van der Waals surface area contributed by atoms with Gasteiger partial charge in [-0.05, 0) is 40.5 Å². The van der Waals surface area contributed by atoms with Crippen LogP contribution >= 0.6 is 15.9 Å². The van der Waals surface area contributed by atoms with Crippen molar-refractivity contribution in [1.29, 1.82) is 0 Å². The van der Waals surface area contributed by atoms with Gasteiger partial charge in [0, 0.05) is 6.54 Å². The lowest BCUT2D eigenvalue weighted by atomic mass is 10.0. The first-order valence-corrected chi connectivity index (χ1v) is 6.68. The van der Waals surface area contributed by atoms with Gasteiger partial charge in [0.25, 0.3) is 0 Å². The summed E-state index contributed by atoms with van der Waals surface area (Å²) >= 11 is 3.42. The summed E-state index contributed by atoms with van der Waals surface area (Å²) < 4.78 is 21.2. The van der Waals surface area contributed by atoms with E-state index in [1.165, 1.54) is 13.2 Å². The Morgan fingerprint density at radius 2 is 2.26 bits per heavy atom. The van der Waals surface area contributed by atoms with Crippen LogP contribution in [0, 0.1) is 5.82 Å². The van der Waals surface area contributed by atoms with Crippen LogP contribution in [0.2, 0.25) is 0 Å². The highest BCUT2D eigenvalue weighted by Crippen LogP contribution is 2.29. The first-order chi connectivity index (χ1) is 9.08. The van der Waals surface area contributed by atoms with Crippen LogP contribution in [-0.2, 0) is 6.54 Å². The predicted octanol–water partition coefficient (Wildman–Crippen LogP) is 2.86. The second kappa shape index (κ2) is 5.71. The van der Waals surface area contributed by atoms with E-state index >= 15 is 0 Å². The van der Waals surface area contributed by atoms with Crippen molar-refractivity contribution in [3.05, 3.63) is 45.9 Å². The molecule has 0 bridgehead atoms. The van der Waals surface area contributed by atoms with Crippen LogP contribution in [0.3, 0.4) is 0 Å². The van der Waals surface area contributed by atoms with E-state index in [2.05, 4.69) is 21.0 Å². The van der Waals surface area contributed by atoms with E-state index in [-0.39, 0.29) is 5.75 Å². The number of aryl methyl sites for hydroxylation is 1. The molecule has 0 saturated carbocycles. The SMILES string of the molecule is CCn1ncc(Br)c1C(N)c1ccc(OC)c(F)c1. The van der Waals surface area contributed by atoms with Gasteiger partial charge in [-0.15, -0.1) is 0 Å². The first kappa shape index (κ1) is 14.0. The number of benzene rings is 1. The molecule has 1 unspecified atom stereocenters.